The predicted molar refractivity (Wildman–Crippen MR) is 124 cm³/mol. The third-order valence-corrected chi connectivity index (χ3v) is 7.65. The van der Waals surface area contributed by atoms with Crippen LogP contribution in [0.15, 0.2) is 36.5 Å². The van der Waals surface area contributed by atoms with Crippen molar-refractivity contribution in [1.29, 1.82) is 0 Å². The zero-order chi connectivity index (χ0) is 23.4. The molecule has 9 heteroatoms. The smallest absolute Gasteiger partial charge is 0.303 e. The number of rotatable bonds is 5. The van der Waals surface area contributed by atoms with Gasteiger partial charge in [-0.05, 0) is 30.5 Å². The number of hydrogen-bond acceptors (Lipinski definition) is 5. The Labute approximate surface area is 187 Å². The molecule has 0 aliphatic carbocycles. The molecule has 1 aliphatic rings. The Kier molecular flexibility index (Phi) is 5.34. The molecule has 0 unspecified atom stereocenters. The van der Waals surface area contributed by atoms with Gasteiger partial charge in [0, 0.05) is 51.9 Å². The van der Waals surface area contributed by atoms with E-state index in [0.29, 0.717) is 23.1 Å². The zero-order valence-corrected chi connectivity index (χ0v) is 19.6. The standard InChI is InChI=1S/C23H26N4O4S/c1-14-6-8-15(9-7-14)10-16-11-17-20(24-12-16)22(28)19-18(13-26(4)23(19)29)21(17)27(5)32(30,31)25(2)3/h6-9,11-12,28H,10,13H2,1-5H3. The fourth-order valence-electron chi connectivity index (χ4n) is 4.06. The van der Waals surface area contributed by atoms with E-state index in [4.69, 9.17) is 0 Å². The molecule has 1 aromatic heterocycles. The average molecular weight is 455 g/mol. The van der Waals surface area contributed by atoms with Gasteiger partial charge in [0.05, 0.1) is 11.3 Å². The van der Waals surface area contributed by atoms with Crippen molar-refractivity contribution in [3.8, 4) is 5.75 Å². The van der Waals surface area contributed by atoms with E-state index in [1.54, 1.807) is 13.2 Å². The summed E-state index contributed by atoms with van der Waals surface area (Å²) in [5.41, 5.74) is 4.27. The molecule has 0 saturated carbocycles. The molecule has 0 fully saturated rings. The summed E-state index contributed by atoms with van der Waals surface area (Å²) in [4.78, 5) is 18.6. The molecule has 4 rings (SSSR count). The lowest BCUT2D eigenvalue weighted by Crippen LogP contribution is -2.38. The maximum atomic E-state index is 13.0. The second-order valence-corrected chi connectivity index (χ2v) is 10.5. The van der Waals surface area contributed by atoms with Crippen LogP contribution in [0, 0.1) is 6.92 Å². The summed E-state index contributed by atoms with van der Waals surface area (Å²) >= 11 is 0. The highest BCUT2D eigenvalue weighted by molar-refractivity contribution is 7.90. The van der Waals surface area contributed by atoms with E-state index in [1.165, 1.54) is 26.0 Å². The first-order chi connectivity index (χ1) is 15.0. The zero-order valence-electron chi connectivity index (χ0n) is 18.7. The quantitative estimate of drug-likeness (QED) is 0.640. The SMILES string of the molecule is Cc1ccc(Cc2cnc3c(O)c4c(c(N(C)S(=O)(=O)N(C)C)c3c2)CN(C)C4=O)cc1. The molecule has 0 radical (unpaired) electrons. The number of fused-ring (bicyclic) bond motifs is 2. The minimum Gasteiger partial charge on any atom is -0.505 e. The van der Waals surface area contributed by atoms with Crippen molar-refractivity contribution in [2.45, 2.75) is 19.9 Å². The van der Waals surface area contributed by atoms with Gasteiger partial charge in [-0.1, -0.05) is 29.8 Å². The van der Waals surface area contributed by atoms with Crippen molar-refractivity contribution in [1.82, 2.24) is 14.2 Å². The number of phenolic OH excluding ortho intramolecular Hbond substituents is 1. The monoisotopic (exact) mass is 454 g/mol. The molecule has 2 aromatic carbocycles. The van der Waals surface area contributed by atoms with Gasteiger partial charge in [-0.2, -0.15) is 12.7 Å². The number of aromatic nitrogens is 1. The van der Waals surface area contributed by atoms with Crippen molar-refractivity contribution in [3.05, 3.63) is 64.3 Å². The summed E-state index contributed by atoms with van der Waals surface area (Å²) in [5, 5.41) is 11.4. The lowest BCUT2D eigenvalue weighted by atomic mass is 9.98. The molecule has 1 amide bonds. The highest BCUT2D eigenvalue weighted by atomic mass is 32.2. The third-order valence-electron chi connectivity index (χ3n) is 5.86. The molecular weight excluding hydrogens is 428 g/mol. The lowest BCUT2D eigenvalue weighted by molar-refractivity contribution is 0.0814. The third kappa shape index (κ3) is 3.47. The first-order valence-corrected chi connectivity index (χ1v) is 11.6. The summed E-state index contributed by atoms with van der Waals surface area (Å²) in [6.45, 7) is 2.22. The van der Waals surface area contributed by atoms with Crippen LogP contribution in [0.4, 0.5) is 5.69 Å². The molecule has 0 saturated heterocycles. The summed E-state index contributed by atoms with van der Waals surface area (Å²) < 4.78 is 28.3. The van der Waals surface area contributed by atoms with Gasteiger partial charge in [0.2, 0.25) is 0 Å². The molecule has 2 heterocycles. The van der Waals surface area contributed by atoms with Crippen molar-refractivity contribution in [2.24, 2.45) is 0 Å². The summed E-state index contributed by atoms with van der Waals surface area (Å²) in [7, 11) is 2.14. The number of benzene rings is 2. The molecule has 1 N–H and O–H groups in total. The summed E-state index contributed by atoms with van der Waals surface area (Å²) in [6.07, 6.45) is 2.26. The number of carbonyl (C=O) groups excluding carboxylic acids is 1. The maximum Gasteiger partial charge on any atom is 0.303 e. The van der Waals surface area contributed by atoms with E-state index < -0.39 is 10.2 Å². The Morgan fingerprint density at radius 1 is 1.12 bits per heavy atom. The number of aromatic hydroxyl groups is 1. The number of nitrogens with zero attached hydrogens (tertiary/aromatic N) is 4. The van der Waals surface area contributed by atoms with Crippen molar-refractivity contribution < 1.29 is 18.3 Å². The van der Waals surface area contributed by atoms with Crippen LogP contribution in [-0.4, -0.2) is 61.8 Å². The van der Waals surface area contributed by atoms with Gasteiger partial charge in [0.15, 0.2) is 5.75 Å². The lowest BCUT2D eigenvalue weighted by Gasteiger charge is -2.27. The van der Waals surface area contributed by atoms with Gasteiger partial charge < -0.3 is 10.0 Å². The number of aryl methyl sites for hydroxylation is 1. The maximum absolute atomic E-state index is 13.0. The molecule has 0 atom stereocenters. The Balaban J connectivity index is 1.97. The normalized spacial score (nSPS) is 13.8. The second-order valence-electron chi connectivity index (χ2n) is 8.37. The Morgan fingerprint density at radius 3 is 2.41 bits per heavy atom. The van der Waals surface area contributed by atoms with Gasteiger partial charge >= 0.3 is 10.2 Å². The second kappa shape index (κ2) is 7.75. The summed E-state index contributed by atoms with van der Waals surface area (Å²) in [6, 6.07) is 10.00. The minimum atomic E-state index is -3.84. The van der Waals surface area contributed by atoms with Crippen LogP contribution in [0.25, 0.3) is 10.9 Å². The molecule has 3 aromatic rings. The van der Waals surface area contributed by atoms with Crippen LogP contribution in [0.3, 0.4) is 0 Å². The number of phenols is 1. The summed E-state index contributed by atoms with van der Waals surface area (Å²) in [5.74, 6) is -0.576. The predicted octanol–water partition coefficient (Wildman–Crippen LogP) is 2.67. The highest BCUT2D eigenvalue weighted by Crippen LogP contribution is 2.44. The van der Waals surface area contributed by atoms with Crippen LogP contribution in [0.1, 0.15) is 32.6 Å². The van der Waals surface area contributed by atoms with Gasteiger partial charge in [0.1, 0.15) is 5.52 Å². The van der Waals surface area contributed by atoms with Gasteiger partial charge in [0.25, 0.3) is 5.91 Å². The Hall–Kier alpha value is -3.17. The molecule has 1 aliphatic heterocycles. The fourth-order valence-corrected chi connectivity index (χ4v) is 4.99. The van der Waals surface area contributed by atoms with Crippen LogP contribution >= 0.6 is 0 Å². The highest BCUT2D eigenvalue weighted by Gasteiger charge is 2.36. The van der Waals surface area contributed by atoms with Crippen molar-refractivity contribution in [3.63, 3.8) is 0 Å². The van der Waals surface area contributed by atoms with Crippen molar-refractivity contribution >= 4 is 32.7 Å². The van der Waals surface area contributed by atoms with Crippen molar-refractivity contribution in [2.75, 3.05) is 32.5 Å². The van der Waals surface area contributed by atoms with Crippen LogP contribution < -0.4 is 4.31 Å². The Bertz CT molecular complexity index is 1330. The topological polar surface area (TPSA) is 94.0 Å². The van der Waals surface area contributed by atoms with E-state index in [9.17, 15) is 18.3 Å². The van der Waals surface area contributed by atoms with Crippen LogP contribution in [0.2, 0.25) is 0 Å². The number of hydrogen-bond donors (Lipinski definition) is 1. The van der Waals surface area contributed by atoms with E-state index in [2.05, 4.69) is 4.98 Å². The van der Waals surface area contributed by atoms with E-state index in [0.717, 1.165) is 25.3 Å². The first kappa shape index (κ1) is 22.0. The molecule has 0 bridgehead atoms. The van der Waals surface area contributed by atoms with Crippen LogP contribution in [0.5, 0.6) is 5.75 Å². The number of carbonyl (C=O) groups is 1. The number of anilines is 1. The van der Waals surface area contributed by atoms with Gasteiger partial charge in [-0.3, -0.25) is 14.1 Å². The van der Waals surface area contributed by atoms with E-state index >= 15 is 0 Å². The largest absolute Gasteiger partial charge is 0.505 e. The average Bonchev–Trinajstić information content (AvgIpc) is 3.04. The molecule has 32 heavy (non-hydrogen) atoms. The minimum absolute atomic E-state index is 0.106. The van der Waals surface area contributed by atoms with Gasteiger partial charge in [-0.15, -0.1) is 0 Å². The van der Waals surface area contributed by atoms with E-state index in [-0.39, 0.29) is 29.3 Å². The van der Waals surface area contributed by atoms with Crippen LogP contribution in [-0.2, 0) is 23.2 Å². The number of amides is 1. The Morgan fingerprint density at radius 2 is 1.78 bits per heavy atom. The van der Waals surface area contributed by atoms with Gasteiger partial charge in [-0.25, -0.2) is 0 Å². The number of pyridine rings is 1. The molecule has 8 nitrogen and oxygen atoms in total. The van der Waals surface area contributed by atoms with E-state index in [1.807, 2.05) is 37.3 Å². The fraction of sp³-hybridized carbons (Fsp3) is 0.304. The molecule has 168 valence electrons. The molecule has 0 spiro atoms. The first-order valence-electron chi connectivity index (χ1n) is 10.2. The molecular formula is C23H26N4O4S.